The molecule has 22 heavy (non-hydrogen) atoms. The van der Waals surface area contributed by atoms with Gasteiger partial charge in [-0.1, -0.05) is 0 Å². The quantitative estimate of drug-likeness (QED) is 0.553. The summed E-state index contributed by atoms with van der Waals surface area (Å²) >= 11 is 0. The smallest absolute Gasteiger partial charge is 0.332 e. The molecule has 3 rings (SSSR count). The molecule has 4 atom stereocenters. The van der Waals surface area contributed by atoms with E-state index in [0.717, 1.165) is 0 Å². The molecule has 3 heterocycles. The van der Waals surface area contributed by atoms with Crippen molar-refractivity contribution in [2.24, 2.45) is 5.16 Å². The second-order valence-corrected chi connectivity index (χ2v) is 6.48. The van der Waals surface area contributed by atoms with E-state index in [1.807, 2.05) is 27.7 Å². The molecule has 1 unspecified atom stereocenters. The normalized spacial score (nSPS) is 40.5. The number of hydrogen-bond donors (Lipinski definition) is 0. The predicted molar refractivity (Wildman–Crippen MR) is 72.8 cm³/mol. The lowest BCUT2D eigenvalue weighted by Gasteiger charge is -2.25. The highest BCUT2D eigenvalue weighted by atomic mass is 16.8. The van der Waals surface area contributed by atoms with Crippen molar-refractivity contribution in [3.63, 3.8) is 0 Å². The molecule has 3 saturated heterocycles. The summed E-state index contributed by atoms with van der Waals surface area (Å²) in [4.78, 5) is 15.6. The van der Waals surface area contributed by atoms with Gasteiger partial charge in [0.15, 0.2) is 23.8 Å². The van der Waals surface area contributed by atoms with E-state index in [2.05, 4.69) is 9.99 Å². The van der Waals surface area contributed by atoms with Gasteiger partial charge in [-0.2, -0.15) is 0 Å². The van der Waals surface area contributed by atoms with Crippen molar-refractivity contribution in [1.29, 1.82) is 0 Å². The Labute approximate surface area is 128 Å². The van der Waals surface area contributed by atoms with Crippen molar-refractivity contribution < 1.29 is 33.3 Å². The minimum absolute atomic E-state index is 0.184. The summed E-state index contributed by atoms with van der Waals surface area (Å²) in [5, 5.41) is 3.73. The van der Waals surface area contributed by atoms with Crippen LogP contribution in [0, 0.1) is 0 Å². The molecule has 8 heteroatoms. The Morgan fingerprint density at radius 3 is 2.45 bits per heavy atom. The molecule has 0 radical (unpaired) electrons. The Morgan fingerprint density at radius 2 is 1.86 bits per heavy atom. The largest absolute Gasteiger partial charge is 0.468 e. The number of nitrogens with zero attached hydrogens (tertiary/aromatic N) is 1. The molecule has 0 aromatic carbocycles. The molecule has 0 bridgehead atoms. The van der Waals surface area contributed by atoms with E-state index in [9.17, 15) is 4.79 Å². The summed E-state index contributed by atoms with van der Waals surface area (Å²) in [5.41, 5.74) is 0. The van der Waals surface area contributed by atoms with Crippen LogP contribution in [-0.2, 0) is 33.3 Å². The van der Waals surface area contributed by atoms with Crippen molar-refractivity contribution in [3.05, 3.63) is 0 Å². The van der Waals surface area contributed by atoms with E-state index < -0.39 is 35.9 Å². The molecule has 8 nitrogen and oxygen atoms in total. The van der Waals surface area contributed by atoms with Gasteiger partial charge >= 0.3 is 5.97 Å². The molecule has 0 saturated carbocycles. The van der Waals surface area contributed by atoms with E-state index in [-0.39, 0.29) is 12.0 Å². The lowest BCUT2D eigenvalue weighted by Crippen LogP contribution is -2.40. The second kappa shape index (κ2) is 5.16. The van der Waals surface area contributed by atoms with Crippen LogP contribution < -0.4 is 0 Å². The number of carbonyl (C=O) groups is 1. The summed E-state index contributed by atoms with van der Waals surface area (Å²) in [6.07, 6.45) is -1.69. The topological polar surface area (TPSA) is 84.8 Å². The van der Waals surface area contributed by atoms with E-state index in [0.29, 0.717) is 6.61 Å². The number of oxime groups is 1. The van der Waals surface area contributed by atoms with Gasteiger partial charge in [0.1, 0.15) is 12.2 Å². The Hall–Kier alpha value is -1.22. The van der Waals surface area contributed by atoms with Gasteiger partial charge in [-0.3, -0.25) is 0 Å². The fraction of sp³-hybridized carbons (Fsp3) is 0.857. The van der Waals surface area contributed by atoms with Crippen LogP contribution in [0.4, 0.5) is 0 Å². The summed E-state index contributed by atoms with van der Waals surface area (Å²) in [6, 6.07) is 0. The van der Waals surface area contributed by atoms with Gasteiger partial charge in [0.05, 0.1) is 6.61 Å². The summed E-state index contributed by atoms with van der Waals surface area (Å²) in [5.74, 6) is -1.79. The number of ether oxygens (including phenoxy) is 5. The van der Waals surface area contributed by atoms with Crippen molar-refractivity contribution >= 4 is 11.9 Å². The lowest BCUT2D eigenvalue weighted by atomic mass is 10.1. The summed E-state index contributed by atoms with van der Waals surface area (Å²) in [6.45, 7) is 8.93. The second-order valence-electron chi connectivity index (χ2n) is 6.48. The number of fused-ring (bicyclic) bond motifs is 1. The molecule has 0 amide bonds. The zero-order valence-electron chi connectivity index (χ0n) is 13.3. The Morgan fingerprint density at radius 1 is 1.14 bits per heavy atom. The van der Waals surface area contributed by atoms with Crippen molar-refractivity contribution in [3.8, 4) is 0 Å². The molecule has 0 aliphatic carbocycles. The van der Waals surface area contributed by atoms with Gasteiger partial charge in [-0.15, -0.1) is 0 Å². The number of carbonyl (C=O) groups excluding carboxylic acids is 1. The highest BCUT2D eigenvalue weighted by Crippen LogP contribution is 2.40. The van der Waals surface area contributed by atoms with Gasteiger partial charge in [0, 0.05) is 6.92 Å². The first-order chi connectivity index (χ1) is 10.2. The predicted octanol–water partition coefficient (Wildman–Crippen LogP) is 0.933. The van der Waals surface area contributed by atoms with Crippen molar-refractivity contribution in [2.75, 3.05) is 6.61 Å². The maximum atomic E-state index is 10.9. The third-order valence-corrected chi connectivity index (χ3v) is 3.61. The van der Waals surface area contributed by atoms with E-state index in [1.165, 1.54) is 6.92 Å². The Balaban J connectivity index is 1.80. The third kappa shape index (κ3) is 2.96. The van der Waals surface area contributed by atoms with Crippen molar-refractivity contribution in [1.82, 2.24) is 0 Å². The molecular formula is C14H21NO7. The maximum Gasteiger partial charge on any atom is 0.332 e. The van der Waals surface area contributed by atoms with E-state index >= 15 is 0 Å². The Bertz CT molecular complexity index is 501. The zero-order valence-corrected chi connectivity index (χ0v) is 13.3. The van der Waals surface area contributed by atoms with Crippen LogP contribution in [-0.4, -0.2) is 54.5 Å². The molecule has 0 spiro atoms. The van der Waals surface area contributed by atoms with Crippen molar-refractivity contribution in [2.45, 2.75) is 70.6 Å². The molecule has 3 aliphatic heterocycles. The van der Waals surface area contributed by atoms with Gasteiger partial charge in [-0.25, -0.2) is 4.79 Å². The van der Waals surface area contributed by atoms with Crippen LogP contribution >= 0.6 is 0 Å². The molecule has 3 aliphatic rings. The first-order valence-corrected chi connectivity index (χ1v) is 7.26. The van der Waals surface area contributed by atoms with Crippen LogP contribution in [0.15, 0.2) is 5.16 Å². The molecule has 3 fully saturated rings. The van der Waals surface area contributed by atoms with E-state index in [4.69, 9.17) is 23.7 Å². The van der Waals surface area contributed by atoms with Crippen LogP contribution in [0.25, 0.3) is 0 Å². The van der Waals surface area contributed by atoms with Crippen LogP contribution in [0.5, 0.6) is 0 Å². The Kier molecular flexibility index (Phi) is 3.67. The highest BCUT2D eigenvalue weighted by molar-refractivity contribution is 5.84. The highest BCUT2D eigenvalue weighted by Gasteiger charge is 2.59. The number of hydrogen-bond acceptors (Lipinski definition) is 8. The molecule has 0 N–H and O–H groups in total. The average molecular weight is 315 g/mol. The van der Waals surface area contributed by atoms with Gasteiger partial charge < -0.3 is 28.5 Å². The van der Waals surface area contributed by atoms with E-state index in [1.54, 1.807) is 0 Å². The molecular weight excluding hydrogens is 294 g/mol. The monoisotopic (exact) mass is 315 g/mol. The van der Waals surface area contributed by atoms with Crippen LogP contribution in [0.3, 0.4) is 0 Å². The summed E-state index contributed by atoms with van der Waals surface area (Å²) in [7, 11) is 0. The van der Waals surface area contributed by atoms with Crippen LogP contribution in [0.2, 0.25) is 0 Å². The standard InChI is InChI=1S/C14H21NO7/c1-7(16)22-15-12-11-10(20-14(4,5)21-11)9(18-12)8-6-17-13(2,3)19-8/h8-11H,6H2,1-5H3/b15-12-/t8?,9-,10+,11+/m1/s1. The average Bonchev–Trinajstić information content (AvgIpc) is 2.97. The number of rotatable bonds is 2. The first kappa shape index (κ1) is 15.7. The summed E-state index contributed by atoms with van der Waals surface area (Å²) < 4.78 is 28.9. The van der Waals surface area contributed by atoms with Crippen LogP contribution in [0.1, 0.15) is 34.6 Å². The van der Waals surface area contributed by atoms with Gasteiger partial charge in [0.2, 0.25) is 0 Å². The first-order valence-electron chi connectivity index (χ1n) is 7.26. The fourth-order valence-corrected chi connectivity index (χ4v) is 2.84. The molecule has 0 aromatic rings. The third-order valence-electron chi connectivity index (χ3n) is 3.61. The maximum absolute atomic E-state index is 10.9. The van der Waals surface area contributed by atoms with Gasteiger partial charge in [0.25, 0.3) is 5.90 Å². The fourth-order valence-electron chi connectivity index (χ4n) is 2.84. The minimum Gasteiger partial charge on any atom is -0.468 e. The minimum atomic E-state index is -0.774. The van der Waals surface area contributed by atoms with Gasteiger partial charge in [-0.05, 0) is 32.9 Å². The molecule has 0 aromatic heterocycles. The lowest BCUT2D eigenvalue weighted by molar-refractivity contribution is -0.180. The molecule has 124 valence electrons. The SMILES string of the molecule is CC(=O)O/N=C1\O[C@H](C2COC(C)(C)O2)[C@@H]2OC(C)(C)O[C@H]12. The zero-order chi connectivity index (χ0) is 16.1.